The minimum absolute atomic E-state index is 0.118. The summed E-state index contributed by atoms with van der Waals surface area (Å²) in [4.78, 5) is 11.3. The number of aliphatic hydroxyl groups is 1. The van der Waals surface area contributed by atoms with Crippen molar-refractivity contribution in [1.82, 2.24) is 9.21 Å². The predicted molar refractivity (Wildman–Crippen MR) is 96.0 cm³/mol. The number of hydrogen-bond acceptors (Lipinski definition) is 6. The molecule has 2 aliphatic heterocycles. The zero-order valence-corrected chi connectivity index (χ0v) is 16.5. The lowest BCUT2D eigenvalue weighted by molar-refractivity contribution is -0.192. The van der Waals surface area contributed by atoms with Gasteiger partial charge in [0, 0.05) is 20.1 Å². The average molecular weight is 440 g/mol. The molecule has 3 rings (SSSR count). The van der Waals surface area contributed by atoms with Crippen molar-refractivity contribution in [2.24, 2.45) is 0 Å². The Hall–Kier alpha value is -1.89. The van der Waals surface area contributed by atoms with E-state index in [1.165, 1.54) is 4.31 Å². The van der Waals surface area contributed by atoms with Crippen molar-refractivity contribution in [3.63, 3.8) is 0 Å². The Morgan fingerprint density at radius 2 is 1.83 bits per heavy atom. The Morgan fingerprint density at radius 3 is 2.41 bits per heavy atom. The van der Waals surface area contributed by atoms with E-state index in [-0.39, 0.29) is 23.6 Å². The first-order chi connectivity index (χ1) is 13.5. The van der Waals surface area contributed by atoms with Crippen LogP contribution in [0.25, 0.3) is 0 Å². The van der Waals surface area contributed by atoms with E-state index in [1.807, 2.05) is 0 Å². The van der Waals surface area contributed by atoms with Gasteiger partial charge in [-0.15, -0.1) is 0 Å². The van der Waals surface area contributed by atoms with E-state index in [0.29, 0.717) is 18.7 Å². The molecule has 1 aromatic carbocycles. The summed E-state index contributed by atoms with van der Waals surface area (Å²) in [5, 5.41) is 16.2. The lowest BCUT2D eigenvalue weighted by Gasteiger charge is -2.28. The topological polar surface area (TPSA) is 107 Å². The fourth-order valence-electron chi connectivity index (χ4n) is 3.29. The number of carboxylic acid groups (broad SMARTS) is 1. The molecule has 0 spiro atoms. The maximum Gasteiger partial charge on any atom is 0.490 e. The number of fused-ring (bicyclic) bond motifs is 2. The van der Waals surface area contributed by atoms with Crippen LogP contribution in [-0.4, -0.2) is 85.4 Å². The van der Waals surface area contributed by atoms with Crippen molar-refractivity contribution < 1.29 is 41.3 Å². The third-order valence-electron chi connectivity index (χ3n) is 4.81. The van der Waals surface area contributed by atoms with Crippen LogP contribution in [0.5, 0.6) is 5.75 Å². The van der Waals surface area contributed by atoms with Crippen molar-refractivity contribution in [2.45, 2.75) is 36.1 Å². The van der Waals surface area contributed by atoms with Crippen LogP contribution in [0.3, 0.4) is 0 Å². The summed E-state index contributed by atoms with van der Waals surface area (Å²) in [5.41, 5.74) is 0. The molecule has 0 saturated carbocycles. The molecule has 2 N–H and O–H groups in total. The SMILES string of the molecule is CN1[C@H]2CCN(CCO)CC[C@@H]2Oc2ccccc2S1(=O)=O.O=C(O)C(F)(F)F. The summed E-state index contributed by atoms with van der Waals surface area (Å²) in [7, 11) is -1.89. The number of aliphatic hydroxyl groups excluding tert-OH is 1. The number of β-amino-alcohol motifs (C(OH)–C–C–N with tert-alkyl or cyclic N) is 1. The molecule has 29 heavy (non-hydrogen) atoms. The number of nitrogens with zero attached hydrogens (tertiary/aromatic N) is 2. The number of carboxylic acids is 1. The molecule has 1 saturated heterocycles. The quantitative estimate of drug-likeness (QED) is 0.711. The van der Waals surface area contributed by atoms with E-state index in [4.69, 9.17) is 19.7 Å². The molecule has 8 nitrogen and oxygen atoms in total. The van der Waals surface area contributed by atoms with Crippen LogP contribution >= 0.6 is 0 Å². The monoisotopic (exact) mass is 440 g/mol. The first kappa shape index (κ1) is 23.4. The summed E-state index contributed by atoms with van der Waals surface area (Å²) in [6.07, 6.45) is -3.79. The second-order valence-corrected chi connectivity index (χ2v) is 8.60. The van der Waals surface area contributed by atoms with Crippen LogP contribution in [0.1, 0.15) is 12.8 Å². The van der Waals surface area contributed by atoms with Gasteiger partial charge in [-0.2, -0.15) is 17.5 Å². The normalized spacial score (nSPS) is 24.6. The highest BCUT2D eigenvalue weighted by Gasteiger charge is 2.41. The van der Waals surface area contributed by atoms with Crippen LogP contribution in [-0.2, 0) is 14.8 Å². The number of aliphatic carboxylic acids is 1. The van der Waals surface area contributed by atoms with Gasteiger partial charge >= 0.3 is 12.1 Å². The van der Waals surface area contributed by atoms with Gasteiger partial charge in [-0.1, -0.05) is 12.1 Å². The first-order valence-electron chi connectivity index (χ1n) is 8.85. The first-order valence-corrected chi connectivity index (χ1v) is 10.3. The Labute approximate surface area is 166 Å². The predicted octanol–water partition coefficient (Wildman–Crippen LogP) is 1.16. The van der Waals surface area contributed by atoms with E-state index in [0.717, 1.165) is 19.5 Å². The summed E-state index contributed by atoms with van der Waals surface area (Å²) >= 11 is 0. The molecular formula is C17H23F3N2O6S. The molecule has 1 aromatic rings. The molecular weight excluding hydrogens is 417 g/mol. The number of likely N-dealkylation sites (tertiary alicyclic amines) is 1. The fraction of sp³-hybridized carbons (Fsp3) is 0.588. The molecule has 2 heterocycles. The summed E-state index contributed by atoms with van der Waals surface area (Å²) in [6.45, 7) is 2.30. The molecule has 12 heteroatoms. The number of carbonyl (C=O) groups is 1. The number of ether oxygens (including phenoxy) is 1. The van der Waals surface area contributed by atoms with Gasteiger partial charge in [-0.25, -0.2) is 13.2 Å². The number of sulfonamides is 1. The number of hydrogen-bond donors (Lipinski definition) is 2. The number of alkyl halides is 3. The Bertz CT molecular complexity index is 818. The summed E-state index contributed by atoms with van der Waals surface area (Å²) < 4.78 is 64.8. The third kappa shape index (κ3) is 5.59. The summed E-state index contributed by atoms with van der Waals surface area (Å²) in [5.74, 6) is -2.31. The van der Waals surface area contributed by atoms with Gasteiger partial charge in [0.25, 0.3) is 0 Å². The van der Waals surface area contributed by atoms with Crippen molar-refractivity contribution >= 4 is 16.0 Å². The minimum Gasteiger partial charge on any atom is -0.487 e. The molecule has 0 radical (unpaired) electrons. The van der Waals surface area contributed by atoms with Gasteiger partial charge in [-0.05, 0) is 31.5 Å². The molecule has 0 aliphatic carbocycles. The minimum atomic E-state index is -5.08. The highest BCUT2D eigenvalue weighted by Crippen LogP contribution is 2.35. The van der Waals surface area contributed by atoms with Crippen molar-refractivity contribution in [2.75, 3.05) is 33.3 Å². The van der Waals surface area contributed by atoms with E-state index in [1.54, 1.807) is 31.3 Å². The van der Waals surface area contributed by atoms with Gasteiger partial charge in [0.15, 0.2) is 0 Å². The van der Waals surface area contributed by atoms with Crippen LogP contribution < -0.4 is 4.74 Å². The zero-order chi connectivity index (χ0) is 21.8. The molecule has 0 amide bonds. The van der Waals surface area contributed by atoms with Gasteiger partial charge in [0.05, 0.1) is 12.6 Å². The van der Waals surface area contributed by atoms with Crippen molar-refractivity contribution in [3.05, 3.63) is 24.3 Å². The molecule has 0 bridgehead atoms. The maximum atomic E-state index is 12.8. The zero-order valence-electron chi connectivity index (χ0n) is 15.7. The van der Waals surface area contributed by atoms with Gasteiger partial charge in [-0.3, -0.25) is 0 Å². The number of para-hydroxylation sites is 1. The smallest absolute Gasteiger partial charge is 0.487 e. The Balaban J connectivity index is 0.000000370. The van der Waals surface area contributed by atoms with E-state index >= 15 is 0 Å². The van der Waals surface area contributed by atoms with Crippen molar-refractivity contribution in [3.8, 4) is 5.75 Å². The van der Waals surface area contributed by atoms with Gasteiger partial charge in [0.1, 0.15) is 16.7 Å². The average Bonchev–Trinajstić information content (AvgIpc) is 2.87. The second kappa shape index (κ2) is 9.28. The molecule has 2 aliphatic rings. The Morgan fingerprint density at radius 1 is 1.24 bits per heavy atom. The van der Waals surface area contributed by atoms with Crippen molar-refractivity contribution in [1.29, 1.82) is 0 Å². The molecule has 0 aromatic heterocycles. The number of likely N-dealkylation sites (N-methyl/N-ethyl adjacent to an activating group) is 1. The molecule has 0 unspecified atom stereocenters. The fourth-order valence-corrected chi connectivity index (χ4v) is 4.82. The Kier molecular flexibility index (Phi) is 7.49. The lowest BCUT2D eigenvalue weighted by Crippen LogP contribution is -2.44. The van der Waals surface area contributed by atoms with Crippen LogP contribution in [0, 0.1) is 0 Å². The molecule has 164 valence electrons. The lowest BCUT2D eigenvalue weighted by atomic mass is 10.1. The highest BCUT2D eigenvalue weighted by molar-refractivity contribution is 7.89. The molecule has 1 fully saturated rings. The number of benzene rings is 1. The van der Waals surface area contributed by atoms with E-state index in [2.05, 4.69) is 4.90 Å². The largest absolute Gasteiger partial charge is 0.490 e. The van der Waals surface area contributed by atoms with Crippen LogP contribution in [0.15, 0.2) is 29.2 Å². The third-order valence-corrected chi connectivity index (χ3v) is 6.73. The second-order valence-electron chi connectivity index (χ2n) is 6.64. The standard InChI is InChI=1S/C15H22N2O4S.C2HF3O2/c1-16-12-6-8-17(10-11-18)9-7-13(12)21-14-4-2-3-5-15(14)22(16,19)20;3-2(4,5)1(6)7/h2-5,12-13,18H,6-11H2,1H3;(H,6,7)/t12-,13-;/m0./s1. The number of halogens is 3. The van der Waals surface area contributed by atoms with Crippen LogP contribution in [0.2, 0.25) is 0 Å². The number of rotatable bonds is 2. The van der Waals surface area contributed by atoms with E-state index in [9.17, 15) is 21.6 Å². The van der Waals surface area contributed by atoms with E-state index < -0.39 is 22.2 Å². The van der Waals surface area contributed by atoms with Gasteiger partial charge < -0.3 is 19.8 Å². The van der Waals surface area contributed by atoms with Crippen LogP contribution in [0.4, 0.5) is 13.2 Å². The van der Waals surface area contributed by atoms with Gasteiger partial charge in [0.2, 0.25) is 10.0 Å². The maximum absolute atomic E-state index is 12.8. The highest BCUT2D eigenvalue weighted by atomic mass is 32.2. The molecule has 2 atom stereocenters. The summed E-state index contributed by atoms with van der Waals surface area (Å²) in [6, 6.07) is 6.66.